The Labute approximate surface area is 217 Å². The molecule has 204 valence electrons. The van der Waals surface area contributed by atoms with Gasteiger partial charge in [0.1, 0.15) is 18.2 Å². The Hall–Kier alpha value is -2.65. The molecular formula is C27H40N4O6. The Morgan fingerprint density at radius 2 is 1.65 bits per heavy atom. The first kappa shape index (κ1) is 26.0. The second-order valence-electron chi connectivity index (χ2n) is 12.5. The number of primary amides is 1. The molecule has 0 aromatic carbocycles. The van der Waals surface area contributed by atoms with Crippen LogP contribution in [-0.4, -0.2) is 65.3 Å². The molecule has 4 amide bonds. The van der Waals surface area contributed by atoms with E-state index in [1.54, 1.807) is 4.90 Å². The number of nitrogens with one attached hydrogen (secondary N) is 2. The molecule has 1 saturated heterocycles. The molecule has 0 radical (unpaired) electrons. The summed E-state index contributed by atoms with van der Waals surface area (Å²) in [4.78, 5) is 66.0. The second-order valence-corrected chi connectivity index (χ2v) is 12.5. The van der Waals surface area contributed by atoms with Gasteiger partial charge in [0, 0.05) is 6.54 Å². The lowest BCUT2D eigenvalue weighted by molar-refractivity contribution is -0.144. The molecule has 0 aromatic heterocycles. The van der Waals surface area contributed by atoms with Crippen molar-refractivity contribution < 1.29 is 28.7 Å². The number of rotatable bonds is 10. The fourth-order valence-corrected chi connectivity index (χ4v) is 6.69. The van der Waals surface area contributed by atoms with Crippen molar-refractivity contribution in [2.24, 2.45) is 34.8 Å². The summed E-state index contributed by atoms with van der Waals surface area (Å²) >= 11 is 0. The Morgan fingerprint density at radius 1 is 0.973 bits per heavy atom. The molecule has 10 nitrogen and oxygen atoms in total. The van der Waals surface area contributed by atoms with E-state index in [2.05, 4.69) is 24.5 Å². The number of nitrogens with two attached hydrogens (primary N) is 1. The third kappa shape index (κ3) is 5.48. The van der Waals surface area contributed by atoms with Gasteiger partial charge in [-0.1, -0.05) is 46.0 Å². The van der Waals surface area contributed by atoms with Crippen molar-refractivity contribution in [3.8, 4) is 0 Å². The van der Waals surface area contributed by atoms with Crippen LogP contribution in [0.25, 0.3) is 0 Å². The topological polar surface area (TPSA) is 148 Å². The molecule has 0 aromatic rings. The number of ketones is 1. The number of fused-ring (bicyclic) bond motifs is 1. The second kappa shape index (κ2) is 9.91. The molecule has 0 spiro atoms. The maximum atomic E-state index is 14.0. The normalized spacial score (nSPS) is 30.0. The van der Waals surface area contributed by atoms with Crippen LogP contribution in [-0.2, 0) is 23.9 Å². The van der Waals surface area contributed by atoms with Crippen molar-refractivity contribution in [2.45, 2.75) is 102 Å². The molecule has 10 heteroatoms. The van der Waals surface area contributed by atoms with Crippen LogP contribution in [0.2, 0.25) is 0 Å². The number of alkyl carbamates (subject to hydrolysis) is 1. The van der Waals surface area contributed by atoms with Crippen LogP contribution in [0.3, 0.4) is 0 Å². The quantitative estimate of drug-likeness (QED) is 0.376. The van der Waals surface area contributed by atoms with Crippen molar-refractivity contribution >= 4 is 29.6 Å². The van der Waals surface area contributed by atoms with Crippen LogP contribution in [0.1, 0.15) is 78.1 Å². The summed E-state index contributed by atoms with van der Waals surface area (Å²) in [6.45, 7) is 4.60. The number of hydrogen-bond acceptors (Lipinski definition) is 6. The van der Waals surface area contributed by atoms with Crippen molar-refractivity contribution in [1.29, 1.82) is 0 Å². The maximum Gasteiger partial charge on any atom is 0.408 e. The lowest BCUT2D eigenvalue weighted by atomic mass is 9.83. The molecular weight excluding hydrogens is 476 g/mol. The van der Waals surface area contributed by atoms with E-state index >= 15 is 0 Å². The van der Waals surface area contributed by atoms with Crippen LogP contribution in [0.5, 0.6) is 0 Å². The fourth-order valence-electron chi connectivity index (χ4n) is 6.69. The van der Waals surface area contributed by atoms with Crippen LogP contribution >= 0.6 is 0 Å². The van der Waals surface area contributed by atoms with Gasteiger partial charge < -0.3 is 26.0 Å². The van der Waals surface area contributed by atoms with Gasteiger partial charge in [0.15, 0.2) is 0 Å². The van der Waals surface area contributed by atoms with E-state index in [1.807, 2.05) is 0 Å². The van der Waals surface area contributed by atoms with Gasteiger partial charge in [-0.15, -0.1) is 0 Å². The summed E-state index contributed by atoms with van der Waals surface area (Å²) in [5.41, 5.74) is 5.15. The maximum absolute atomic E-state index is 14.0. The number of hydrogen-bond donors (Lipinski definition) is 3. The number of nitrogens with zero attached hydrogens (tertiary/aromatic N) is 1. The molecule has 1 heterocycles. The molecule has 5 unspecified atom stereocenters. The number of ether oxygens (including phenoxy) is 1. The van der Waals surface area contributed by atoms with E-state index in [9.17, 15) is 24.0 Å². The molecule has 4 aliphatic carbocycles. The molecule has 4 saturated carbocycles. The molecule has 0 bridgehead atoms. The molecule has 37 heavy (non-hydrogen) atoms. The summed E-state index contributed by atoms with van der Waals surface area (Å²) in [6, 6.07) is -2.49. The molecule has 4 N–H and O–H groups in total. The molecule has 5 fully saturated rings. The van der Waals surface area contributed by atoms with Crippen LogP contribution in [0.4, 0.5) is 4.79 Å². The van der Waals surface area contributed by atoms with Crippen LogP contribution in [0.15, 0.2) is 0 Å². The van der Waals surface area contributed by atoms with Gasteiger partial charge in [0.25, 0.3) is 5.91 Å². The number of piperidine rings is 1. The van der Waals surface area contributed by atoms with E-state index in [-0.39, 0.29) is 41.1 Å². The zero-order valence-corrected chi connectivity index (χ0v) is 21.9. The lowest BCUT2D eigenvalue weighted by Gasteiger charge is -2.37. The van der Waals surface area contributed by atoms with Crippen molar-refractivity contribution in [3.63, 3.8) is 0 Å². The Balaban J connectivity index is 1.34. The minimum atomic E-state index is -1.06. The van der Waals surface area contributed by atoms with Crippen LogP contribution in [0, 0.1) is 29.1 Å². The third-order valence-electron chi connectivity index (χ3n) is 9.36. The first-order valence-corrected chi connectivity index (χ1v) is 14.0. The van der Waals surface area contributed by atoms with E-state index in [0.29, 0.717) is 13.0 Å². The first-order chi connectivity index (χ1) is 17.6. The zero-order valence-electron chi connectivity index (χ0n) is 21.9. The summed E-state index contributed by atoms with van der Waals surface area (Å²) in [5, 5.41) is 5.64. The highest BCUT2D eigenvalue weighted by Gasteiger charge is 2.69. The largest absolute Gasteiger partial charge is 0.446 e. The minimum absolute atomic E-state index is 0.0132. The Bertz CT molecular complexity index is 968. The average Bonchev–Trinajstić information content (AvgIpc) is 3.82. The van der Waals surface area contributed by atoms with Crippen molar-refractivity contribution in [2.75, 3.05) is 6.54 Å². The molecule has 5 aliphatic rings. The predicted octanol–water partition coefficient (Wildman–Crippen LogP) is 1.65. The van der Waals surface area contributed by atoms with E-state index in [4.69, 9.17) is 10.5 Å². The van der Waals surface area contributed by atoms with Crippen molar-refractivity contribution in [3.05, 3.63) is 0 Å². The predicted molar refractivity (Wildman–Crippen MR) is 133 cm³/mol. The Morgan fingerprint density at radius 3 is 2.24 bits per heavy atom. The molecule has 5 atom stereocenters. The summed E-state index contributed by atoms with van der Waals surface area (Å²) in [7, 11) is 0. The highest BCUT2D eigenvalue weighted by atomic mass is 16.6. The van der Waals surface area contributed by atoms with E-state index < -0.39 is 41.8 Å². The fraction of sp³-hybridized carbons (Fsp3) is 0.815. The SMILES string of the molecule is CC1(C)C2CN(C(=O)C(NC(=O)OC3CC3)C3CCCCC3)C(C(=O)NC(CC3CC3)C(=O)C(N)=O)C21. The van der Waals surface area contributed by atoms with Gasteiger partial charge in [-0.2, -0.15) is 0 Å². The van der Waals surface area contributed by atoms with Gasteiger partial charge in [0.05, 0.1) is 6.04 Å². The Kier molecular flexibility index (Phi) is 6.96. The number of carbonyl (C=O) groups excluding carboxylic acids is 5. The zero-order chi connectivity index (χ0) is 26.5. The molecule has 1 aliphatic heterocycles. The van der Waals surface area contributed by atoms with Gasteiger partial charge in [-0.05, 0) is 61.2 Å². The van der Waals surface area contributed by atoms with E-state index in [1.165, 1.54) is 0 Å². The first-order valence-electron chi connectivity index (χ1n) is 14.0. The van der Waals surface area contributed by atoms with Gasteiger partial charge in [-0.25, -0.2) is 4.79 Å². The third-order valence-corrected chi connectivity index (χ3v) is 9.36. The standard InChI is InChI=1S/C27H40N4O6/c1-27(2)17-13-31(21(19(17)27)24(34)29-18(12-14-8-9-14)22(32)23(28)33)25(35)20(15-6-4-3-5-7-15)30-26(36)37-16-10-11-16/h14-21H,3-13H2,1-2H3,(H2,28,33)(H,29,34)(H,30,36). The highest BCUT2D eigenvalue weighted by molar-refractivity contribution is 6.37. The molecule has 5 rings (SSSR count). The summed E-state index contributed by atoms with van der Waals surface area (Å²) in [6.07, 6.45) is 8.08. The summed E-state index contributed by atoms with van der Waals surface area (Å²) in [5.74, 6) is -2.16. The van der Waals surface area contributed by atoms with Gasteiger partial charge >= 0.3 is 6.09 Å². The number of likely N-dealkylation sites (tertiary alicyclic amines) is 1. The van der Waals surface area contributed by atoms with Crippen molar-refractivity contribution in [1.82, 2.24) is 15.5 Å². The number of Topliss-reactive ketones (excluding diaryl/α,β-unsaturated/α-hetero) is 1. The smallest absolute Gasteiger partial charge is 0.408 e. The highest BCUT2D eigenvalue weighted by Crippen LogP contribution is 2.65. The number of carbonyl (C=O) groups is 5. The van der Waals surface area contributed by atoms with Gasteiger partial charge in [0.2, 0.25) is 17.6 Å². The minimum Gasteiger partial charge on any atom is -0.446 e. The summed E-state index contributed by atoms with van der Waals surface area (Å²) < 4.78 is 5.40. The van der Waals surface area contributed by atoms with E-state index in [0.717, 1.165) is 57.8 Å². The number of amides is 4. The van der Waals surface area contributed by atoms with Gasteiger partial charge in [-0.3, -0.25) is 19.2 Å². The average molecular weight is 517 g/mol. The van der Waals surface area contributed by atoms with Crippen LogP contribution < -0.4 is 16.4 Å². The monoisotopic (exact) mass is 516 g/mol. The lowest BCUT2D eigenvalue weighted by Crippen LogP contribution is -2.59.